The average Bonchev–Trinajstić information content (AvgIpc) is 2.65. The van der Waals surface area contributed by atoms with Crippen LogP contribution in [-0.2, 0) is 14.4 Å². The lowest BCUT2D eigenvalue weighted by molar-refractivity contribution is -0.227. The van der Waals surface area contributed by atoms with E-state index in [4.69, 9.17) is 4.84 Å². The number of unbranched alkanes of at least 4 members (excludes halogenated alkanes) is 1. The van der Waals surface area contributed by atoms with Crippen LogP contribution in [0.2, 0.25) is 0 Å². The smallest absolute Gasteiger partial charge is 0.254 e. The molecule has 0 spiro atoms. The molecule has 2 amide bonds. The minimum atomic E-state index is -1.59. The fraction of sp³-hybridized carbons (Fsp3) is 0.667. The number of nitrogens with zero attached hydrogens (tertiary/aromatic N) is 1. The average molecular weight is 255 g/mol. The van der Waals surface area contributed by atoms with Gasteiger partial charge in [-0.1, -0.05) is 25.7 Å². The van der Waals surface area contributed by atoms with Gasteiger partial charge in [-0.15, -0.1) is 5.06 Å². The summed E-state index contributed by atoms with van der Waals surface area (Å²) < 4.78 is 0. The fourth-order valence-electron chi connectivity index (χ4n) is 1.44. The third-order valence-corrected chi connectivity index (χ3v) is 2.42. The van der Waals surface area contributed by atoms with E-state index < -0.39 is 24.2 Å². The number of hydrogen-bond donors (Lipinski definition) is 2. The minimum Gasteiger partial charge on any atom is -0.380 e. The predicted octanol–water partition coefficient (Wildman–Crippen LogP) is -0.0601. The molecule has 0 saturated carbocycles. The van der Waals surface area contributed by atoms with Gasteiger partial charge >= 0.3 is 0 Å². The number of aliphatic hydroxyl groups is 2. The number of aliphatic hydroxyl groups excluding tert-OH is 2. The fourth-order valence-corrected chi connectivity index (χ4v) is 1.44. The summed E-state index contributed by atoms with van der Waals surface area (Å²) in [5.41, 5.74) is 0. The normalized spacial score (nSPS) is 18.5. The van der Waals surface area contributed by atoms with Crippen molar-refractivity contribution in [3.05, 3.63) is 0 Å². The van der Waals surface area contributed by atoms with E-state index in [2.05, 4.69) is 11.8 Å². The summed E-state index contributed by atoms with van der Waals surface area (Å²) in [6.07, 6.45) is 0.0128. The van der Waals surface area contributed by atoms with Gasteiger partial charge in [0, 0.05) is 12.8 Å². The van der Waals surface area contributed by atoms with Crippen molar-refractivity contribution < 1.29 is 24.6 Å². The highest BCUT2D eigenvalue weighted by molar-refractivity contribution is 6.00. The van der Waals surface area contributed by atoms with E-state index in [0.717, 1.165) is 12.8 Å². The first-order valence-electron chi connectivity index (χ1n) is 5.94. The molecule has 18 heavy (non-hydrogen) atoms. The molecule has 2 unspecified atom stereocenters. The van der Waals surface area contributed by atoms with E-state index in [1.54, 1.807) is 0 Å². The van der Waals surface area contributed by atoms with Crippen LogP contribution in [-0.4, -0.2) is 39.5 Å². The number of amides is 2. The van der Waals surface area contributed by atoms with E-state index >= 15 is 0 Å². The third-order valence-electron chi connectivity index (χ3n) is 2.42. The molecule has 2 N–H and O–H groups in total. The molecular formula is C12H17NO5. The molecule has 1 fully saturated rings. The first-order valence-corrected chi connectivity index (χ1v) is 5.94. The van der Waals surface area contributed by atoms with Crippen LogP contribution in [0.1, 0.15) is 39.0 Å². The van der Waals surface area contributed by atoms with Crippen molar-refractivity contribution in [3.63, 3.8) is 0 Å². The zero-order chi connectivity index (χ0) is 13.5. The Hall–Kier alpha value is -1.42. The van der Waals surface area contributed by atoms with Crippen LogP contribution in [0.4, 0.5) is 0 Å². The van der Waals surface area contributed by atoms with Crippen LogP contribution >= 0.6 is 0 Å². The van der Waals surface area contributed by atoms with Crippen molar-refractivity contribution in [1.29, 1.82) is 0 Å². The standard InChI is InChI=1S/C12H17NO5/c1-2-3-4-9(14)5-8-12(17)18-13-10(15)6-7-11(13)16/h9,12,14,17H,2-4,6-7H2,1H3. The summed E-state index contributed by atoms with van der Waals surface area (Å²) in [6.45, 7) is 1.99. The molecule has 1 heterocycles. The molecule has 0 aliphatic carbocycles. The van der Waals surface area contributed by atoms with Crippen molar-refractivity contribution in [2.45, 2.75) is 51.4 Å². The van der Waals surface area contributed by atoms with Crippen LogP contribution in [0.25, 0.3) is 0 Å². The van der Waals surface area contributed by atoms with Crippen molar-refractivity contribution in [2.75, 3.05) is 0 Å². The second kappa shape index (κ2) is 7.11. The Morgan fingerprint density at radius 3 is 2.44 bits per heavy atom. The molecule has 0 aromatic rings. The Morgan fingerprint density at radius 2 is 1.89 bits per heavy atom. The Labute approximate surface area is 105 Å². The SMILES string of the molecule is CCCCC(O)C#CC(O)ON1C(=O)CCC1=O. The first-order chi connectivity index (χ1) is 8.54. The molecule has 1 rings (SSSR count). The van der Waals surface area contributed by atoms with Crippen LogP contribution in [0.3, 0.4) is 0 Å². The van der Waals surface area contributed by atoms with E-state index in [-0.39, 0.29) is 12.8 Å². The second-order valence-electron chi connectivity index (χ2n) is 3.99. The number of hydroxylamine groups is 2. The maximum Gasteiger partial charge on any atom is 0.254 e. The van der Waals surface area contributed by atoms with Gasteiger partial charge in [0.05, 0.1) is 0 Å². The molecule has 100 valence electrons. The zero-order valence-electron chi connectivity index (χ0n) is 10.3. The van der Waals surface area contributed by atoms with E-state index in [9.17, 15) is 19.8 Å². The Morgan fingerprint density at radius 1 is 1.28 bits per heavy atom. The first kappa shape index (κ1) is 14.6. The minimum absolute atomic E-state index is 0.0815. The third kappa shape index (κ3) is 4.45. The molecular weight excluding hydrogens is 238 g/mol. The summed E-state index contributed by atoms with van der Waals surface area (Å²) in [6, 6.07) is 0. The lowest BCUT2D eigenvalue weighted by atomic mass is 10.2. The number of rotatable bonds is 5. The molecule has 6 nitrogen and oxygen atoms in total. The predicted molar refractivity (Wildman–Crippen MR) is 61.5 cm³/mol. The summed E-state index contributed by atoms with van der Waals surface area (Å²) in [4.78, 5) is 27.0. The van der Waals surface area contributed by atoms with Crippen LogP contribution in [0.15, 0.2) is 0 Å². The number of hydrogen-bond acceptors (Lipinski definition) is 5. The quantitative estimate of drug-likeness (QED) is 0.408. The second-order valence-corrected chi connectivity index (χ2v) is 3.99. The Bertz CT molecular complexity index is 354. The molecule has 1 saturated heterocycles. The van der Waals surface area contributed by atoms with E-state index in [0.29, 0.717) is 11.5 Å². The number of carbonyl (C=O) groups is 2. The largest absolute Gasteiger partial charge is 0.380 e. The van der Waals surface area contributed by atoms with Gasteiger partial charge < -0.3 is 10.2 Å². The molecule has 0 radical (unpaired) electrons. The topological polar surface area (TPSA) is 87.1 Å². The van der Waals surface area contributed by atoms with Crippen molar-refractivity contribution in [3.8, 4) is 11.8 Å². The van der Waals surface area contributed by atoms with Gasteiger partial charge in [0.15, 0.2) is 0 Å². The Kier molecular flexibility index (Phi) is 5.78. The van der Waals surface area contributed by atoms with Crippen molar-refractivity contribution >= 4 is 11.8 Å². The maximum absolute atomic E-state index is 11.2. The highest BCUT2D eigenvalue weighted by Gasteiger charge is 2.31. The highest BCUT2D eigenvalue weighted by Crippen LogP contribution is 2.12. The van der Waals surface area contributed by atoms with Gasteiger partial charge in [-0.2, -0.15) is 0 Å². The lowest BCUT2D eigenvalue weighted by Crippen LogP contribution is -2.33. The molecule has 2 atom stereocenters. The molecule has 1 aliphatic rings. The van der Waals surface area contributed by atoms with Crippen LogP contribution in [0, 0.1) is 11.8 Å². The highest BCUT2D eigenvalue weighted by atomic mass is 16.8. The molecule has 0 aromatic heterocycles. The van der Waals surface area contributed by atoms with Crippen LogP contribution < -0.4 is 0 Å². The van der Waals surface area contributed by atoms with Gasteiger partial charge in [-0.05, 0) is 12.3 Å². The van der Waals surface area contributed by atoms with Crippen LogP contribution in [0.5, 0.6) is 0 Å². The Balaban J connectivity index is 2.41. The molecule has 0 aromatic carbocycles. The number of imide groups is 1. The molecule has 6 heteroatoms. The van der Waals surface area contributed by atoms with E-state index in [1.165, 1.54) is 0 Å². The lowest BCUT2D eigenvalue weighted by Gasteiger charge is -2.14. The van der Waals surface area contributed by atoms with Gasteiger partial charge in [0.25, 0.3) is 11.8 Å². The van der Waals surface area contributed by atoms with Crippen molar-refractivity contribution in [1.82, 2.24) is 5.06 Å². The van der Waals surface area contributed by atoms with Gasteiger partial charge in [0.1, 0.15) is 6.10 Å². The summed E-state index contributed by atoms with van der Waals surface area (Å²) in [7, 11) is 0. The summed E-state index contributed by atoms with van der Waals surface area (Å²) in [5, 5.41) is 19.3. The number of carbonyl (C=O) groups excluding carboxylic acids is 2. The summed E-state index contributed by atoms with van der Waals surface area (Å²) >= 11 is 0. The van der Waals surface area contributed by atoms with Gasteiger partial charge in [-0.3, -0.25) is 9.59 Å². The molecule has 1 aliphatic heterocycles. The van der Waals surface area contributed by atoms with Crippen molar-refractivity contribution in [2.24, 2.45) is 0 Å². The maximum atomic E-state index is 11.2. The van der Waals surface area contributed by atoms with E-state index in [1.807, 2.05) is 6.92 Å². The monoisotopic (exact) mass is 255 g/mol. The summed E-state index contributed by atoms with van der Waals surface area (Å²) in [5.74, 6) is 3.66. The van der Waals surface area contributed by atoms with Gasteiger partial charge in [-0.25, -0.2) is 4.84 Å². The molecule has 0 bridgehead atoms. The zero-order valence-corrected chi connectivity index (χ0v) is 10.3. The van der Waals surface area contributed by atoms with Gasteiger partial charge in [0.2, 0.25) is 6.29 Å².